The number of hydrogen-bond acceptors (Lipinski definition) is 7. The first-order chi connectivity index (χ1) is 18.0. The van der Waals surface area contributed by atoms with Crippen molar-refractivity contribution in [3.05, 3.63) is 54.1 Å². The Morgan fingerprint density at radius 2 is 1.89 bits per heavy atom. The molecule has 0 bridgehead atoms. The predicted octanol–water partition coefficient (Wildman–Crippen LogP) is 4.11. The molecule has 2 atom stereocenters. The molecule has 2 aromatic rings. The summed E-state index contributed by atoms with van der Waals surface area (Å²) in [4.78, 5) is 49.9. The summed E-state index contributed by atoms with van der Waals surface area (Å²) in [5.41, 5.74) is 1.96. The van der Waals surface area contributed by atoms with Crippen LogP contribution in [0.2, 0.25) is 0 Å². The number of methoxy groups -OCH3 is 1. The van der Waals surface area contributed by atoms with Crippen LogP contribution in [0.15, 0.2) is 58.5 Å². The van der Waals surface area contributed by atoms with Gasteiger partial charge in [0.15, 0.2) is 5.17 Å². The lowest BCUT2D eigenvalue weighted by molar-refractivity contribution is -0.128. The minimum absolute atomic E-state index is 0.0336. The van der Waals surface area contributed by atoms with Gasteiger partial charge in [-0.3, -0.25) is 19.4 Å². The first-order valence-electron chi connectivity index (χ1n) is 12.4. The number of thioether (sulfide) groups is 1. The third-order valence-corrected chi connectivity index (χ3v) is 7.37. The van der Waals surface area contributed by atoms with Gasteiger partial charge in [-0.1, -0.05) is 56.3 Å². The van der Waals surface area contributed by atoms with Gasteiger partial charge in [-0.05, 0) is 37.1 Å². The van der Waals surface area contributed by atoms with E-state index in [0.29, 0.717) is 41.1 Å². The second-order valence-electron chi connectivity index (χ2n) is 8.67. The second kappa shape index (κ2) is 12.1. The smallest absolute Gasteiger partial charge is 0.259 e. The Kier molecular flexibility index (Phi) is 8.60. The average molecular weight is 522 g/mol. The first-order valence-corrected chi connectivity index (χ1v) is 13.3. The van der Waals surface area contributed by atoms with E-state index in [9.17, 15) is 14.4 Å². The number of amides is 3. The molecule has 3 amide bonds. The Bertz CT molecular complexity index is 1240. The van der Waals surface area contributed by atoms with Gasteiger partial charge < -0.3 is 15.4 Å². The Morgan fingerprint density at radius 3 is 2.65 bits per heavy atom. The van der Waals surface area contributed by atoms with E-state index in [1.165, 1.54) is 16.7 Å². The summed E-state index contributed by atoms with van der Waals surface area (Å²) in [6.45, 7) is 4.52. The highest BCUT2D eigenvalue weighted by molar-refractivity contribution is 8.15. The van der Waals surface area contributed by atoms with E-state index < -0.39 is 11.3 Å². The number of nitrogens with one attached hydrogen (secondary N) is 2. The molecule has 10 heteroatoms. The fourth-order valence-electron chi connectivity index (χ4n) is 4.08. The van der Waals surface area contributed by atoms with Crippen LogP contribution in [-0.4, -0.2) is 58.6 Å². The van der Waals surface area contributed by atoms with E-state index >= 15 is 0 Å². The topological polar surface area (TPSA) is 112 Å². The molecule has 2 N–H and O–H groups in total. The number of carbonyl (C=O) groups is 3. The lowest BCUT2D eigenvalue weighted by Gasteiger charge is -2.27. The zero-order valence-electron chi connectivity index (χ0n) is 21.2. The number of nitrogens with zero attached hydrogens (tertiary/aromatic N) is 3. The number of para-hydroxylation sites is 3. The first kappa shape index (κ1) is 26.4. The molecule has 194 valence electrons. The van der Waals surface area contributed by atoms with Crippen molar-refractivity contribution in [1.82, 2.24) is 10.2 Å². The molecule has 2 aromatic carbocycles. The maximum absolute atomic E-state index is 13.5. The van der Waals surface area contributed by atoms with Crippen molar-refractivity contribution in [1.29, 1.82) is 0 Å². The molecular formula is C27H31N5O4S. The number of carbonyl (C=O) groups excluding carboxylic acids is 3. The maximum Gasteiger partial charge on any atom is 0.259 e. The molecule has 0 aliphatic carbocycles. The number of amidine groups is 2. The van der Waals surface area contributed by atoms with E-state index in [0.717, 1.165) is 18.4 Å². The molecular weight excluding hydrogens is 490 g/mol. The number of rotatable bonds is 10. The van der Waals surface area contributed by atoms with Gasteiger partial charge >= 0.3 is 0 Å². The van der Waals surface area contributed by atoms with E-state index in [-0.39, 0.29) is 24.1 Å². The lowest BCUT2D eigenvalue weighted by atomic mass is 10.1. The third-order valence-electron chi connectivity index (χ3n) is 6.05. The van der Waals surface area contributed by atoms with Crippen LogP contribution in [-0.2, 0) is 14.4 Å². The molecule has 9 nitrogen and oxygen atoms in total. The van der Waals surface area contributed by atoms with Gasteiger partial charge in [-0.15, -0.1) is 0 Å². The van der Waals surface area contributed by atoms with Gasteiger partial charge in [-0.25, -0.2) is 9.89 Å². The molecule has 0 aromatic heterocycles. The van der Waals surface area contributed by atoms with Crippen LogP contribution >= 0.6 is 11.8 Å². The quantitative estimate of drug-likeness (QED) is 0.457. The number of unbranched alkanes of at least 4 members (excludes halogenated alkanes) is 1. The van der Waals surface area contributed by atoms with Crippen molar-refractivity contribution < 1.29 is 19.1 Å². The minimum atomic E-state index is -0.837. The van der Waals surface area contributed by atoms with Crippen LogP contribution < -0.4 is 15.4 Å². The highest BCUT2D eigenvalue weighted by Crippen LogP contribution is 2.36. The molecule has 0 spiro atoms. The van der Waals surface area contributed by atoms with Gasteiger partial charge in [0.1, 0.15) is 17.6 Å². The Hall–Kier alpha value is -3.66. The molecule has 37 heavy (non-hydrogen) atoms. The number of benzene rings is 2. The van der Waals surface area contributed by atoms with Crippen LogP contribution in [0.5, 0.6) is 5.75 Å². The lowest BCUT2D eigenvalue weighted by Crippen LogP contribution is -2.43. The van der Waals surface area contributed by atoms with Gasteiger partial charge in [-0.2, -0.15) is 0 Å². The summed E-state index contributed by atoms with van der Waals surface area (Å²) in [7, 11) is 1.55. The fourth-order valence-corrected chi connectivity index (χ4v) is 5.10. The Morgan fingerprint density at radius 1 is 1.14 bits per heavy atom. The maximum atomic E-state index is 13.5. The summed E-state index contributed by atoms with van der Waals surface area (Å²) in [6.07, 6.45) is 2.31. The molecule has 0 saturated heterocycles. The minimum Gasteiger partial charge on any atom is -0.495 e. The predicted molar refractivity (Wildman–Crippen MR) is 147 cm³/mol. The van der Waals surface area contributed by atoms with Gasteiger partial charge in [0.05, 0.1) is 30.2 Å². The molecule has 0 fully saturated rings. The number of hydrogen-bond donors (Lipinski definition) is 2. The summed E-state index contributed by atoms with van der Waals surface area (Å²) >= 11 is 1.21. The second-order valence-corrected chi connectivity index (χ2v) is 9.84. The van der Waals surface area contributed by atoms with E-state index in [1.807, 2.05) is 50.2 Å². The zero-order valence-corrected chi connectivity index (χ0v) is 22.0. The SMILES string of the molecule is CCCCNC(=O)C[C@@H]1N=C2c3ccccc3N=C(S[C@@H](CC)C(=O)Nc3ccccc3OC)N2C1=O. The van der Waals surface area contributed by atoms with Crippen molar-refractivity contribution >= 4 is 51.9 Å². The number of anilines is 1. The van der Waals surface area contributed by atoms with Crippen LogP contribution in [0.25, 0.3) is 0 Å². The van der Waals surface area contributed by atoms with Gasteiger partial charge in [0, 0.05) is 12.1 Å². The molecule has 2 heterocycles. The van der Waals surface area contributed by atoms with Crippen molar-refractivity contribution in [3.63, 3.8) is 0 Å². The number of fused-ring (bicyclic) bond motifs is 3. The van der Waals surface area contributed by atoms with Gasteiger partial charge in [0.2, 0.25) is 11.8 Å². The highest BCUT2D eigenvalue weighted by Gasteiger charge is 2.43. The highest BCUT2D eigenvalue weighted by atomic mass is 32.2. The molecule has 0 unspecified atom stereocenters. The number of aliphatic imine (C=N–C) groups is 2. The zero-order chi connectivity index (χ0) is 26.4. The third kappa shape index (κ3) is 5.85. The van der Waals surface area contributed by atoms with E-state index in [4.69, 9.17) is 9.73 Å². The summed E-state index contributed by atoms with van der Waals surface area (Å²) < 4.78 is 5.35. The van der Waals surface area contributed by atoms with E-state index in [2.05, 4.69) is 15.6 Å². The molecule has 2 aliphatic rings. The number of ether oxygens (including phenoxy) is 1. The molecule has 4 rings (SSSR count). The van der Waals surface area contributed by atoms with Crippen molar-refractivity contribution in [2.75, 3.05) is 19.0 Å². The molecule has 2 aliphatic heterocycles. The fraction of sp³-hybridized carbons (Fsp3) is 0.370. The normalized spacial score (nSPS) is 16.8. The summed E-state index contributed by atoms with van der Waals surface area (Å²) in [5, 5.41) is 5.62. The average Bonchev–Trinajstić information content (AvgIpc) is 3.23. The summed E-state index contributed by atoms with van der Waals surface area (Å²) in [5.74, 6) is 0.267. The van der Waals surface area contributed by atoms with Crippen molar-refractivity contribution in [3.8, 4) is 5.75 Å². The van der Waals surface area contributed by atoms with Crippen LogP contribution in [0.3, 0.4) is 0 Å². The van der Waals surface area contributed by atoms with Crippen molar-refractivity contribution in [2.45, 2.75) is 50.8 Å². The van der Waals surface area contributed by atoms with Crippen LogP contribution in [0.4, 0.5) is 11.4 Å². The Balaban J connectivity index is 1.56. The van der Waals surface area contributed by atoms with Crippen molar-refractivity contribution in [2.24, 2.45) is 9.98 Å². The van der Waals surface area contributed by atoms with Crippen LogP contribution in [0, 0.1) is 0 Å². The largest absolute Gasteiger partial charge is 0.495 e. The Labute approximate surface area is 220 Å². The molecule has 0 saturated carbocycles. The van der Waals surface area contributed by atoms with Gasteiger partial charge in [0.25, 0.3) is 5.91 Å². The standard InChI is InChI=1S/C27H31N5O4S/c1-4-6-15-28-23(33)16-20-26(35)32-24(29-20)17-11-7-8-12-18(17)31-27(32)37-22(5-2)25(34)30-19-13-9-10-14-21(19)36-3/h7-14,20,22H,4-6,15-16H2,1-3H3,(H,28,33)(H,30,34)/t20-,22-/m0/s1. The summed E-state index contributed by atoms with van der Waals surface area (Å²) in [6, 6.07) is 13.8. The monoisotopic (exact) mass is 521 g/mol. The van der Waals surface area contributed by atoms with E-state index in [1.54, 1.807) is 19.2 Å². The van der Waals surface area contributed by atoms with Crippen LogP contribution in [0.1, 0.15) is 45.1 Å². The molecule has 0 radical (unpaired) electrons.